The predicted molar refractivity (Wildman–Crippen MR) is 67.1 cm³/mol. The van der Waals surface area contributed by atoms with Crippen molar-refractivity contribution in [2.45, 2.75) is 26.3 Å². The Morgan fingerprint density at radius 1 is 1.44 bits per heavy atom. The van der Waals surface area contributed by atoms with Gasteiger partial charge >= 0.3 is 6.09 Å². The minimum absolute atomic E-state index is 0.0238. The molecule has 1 N–H and O–H groups in total. The second-order valence-electron chi connectivity index (χ2n) is 4.31. The zero-order valence-corrected chi connectivity index (χ0v) is 10.8. The van der Waals surface area contributed by atoms with Gasteiger partial charge in [-0.25, -0.2) is 4.79 Å². The molecule has 1 atom stereocenters. The van der Waals surface area contributed by atoms with Crippen molar-refractivity contribution in [1.82, 2.24) is 10.3 Å². The molecular formula is C13H18N2O3. The Hall–Kier alpha value is -1.91. The molecule has 0 unspecified atom stereocenters. The van der Waals surface area contributed by atoms with E-state index in [-0.39, 0.29) is 11.7 Å². The molecule has 1 rings (SSSR count). The SMILES string of the molecule is COC(=O)N[C@@H](Cc1cccnc1)C(=O)C(C)C. The lowest BCUT2D eigenvalue weighted by Gasteiger charge is -2.18. The number of rotatable bonds is 5. The molecule has 1 heterocycles. The van der Waals surface area contributed by atoms with Crippen molar-refractivity contribution in [2.75, 3.05) is 7.11 Å². The number of pyridine rings is 1. The third-order valence-corrected chi connectivity index (χ3v) is 2.55. The third-order valence-electron chi connectivity index (χ3n) is 2.55. The van der Waals surface area contributed by atoms with Crippen LogP contribution in [0.4, 0.5) is 4.79 Å². The maximum Gasteiger partial charge on any atom is 0.407 e. The van der Waals surface area contributed by atoms with E-state index in [1.165, 1.54) is 7.11 Å². The number of carbonyl (C=O) groups is 2. The molecule has 0 spiro atoms. The monoisotopic (exact) mass is 250 g/mol. The number of methoxy groups -OCH3 is 1. The van der Waals surface area contributed by atoms with E-state index in [9.17, 15) is 9.59 Å². The van der Waals surface area contributed by atoms with Gasteiger partial charge in [-0.15, -0.1) is 0 Å². The topological polar surface area (TPSA) is 68.3 Å². The van der Waals surface area contributed by atoms with E-state index in [0.29, 0.717) is 6.42 Å². The minimum Gasteiger partial charge on any atom is -0.453 e. The molecule has 5 heteroatoms. The van der Waals surface area contributed by atoms with Gasteiger partial charge in [0.2, 0.25) is 0 Å². The van der Waals surface area contributed by atoms with Crippen molar-refractivity contribution in [3.8, 4) is 0 Å². The molecule has 0 aromatic carbocycles. The number of amides is 1. The molecule has 18 heavy (non-hydrogen) atoms. The summed E-state index contributed by atoms with van der Waals surface area (Å²) in [6, 6.07) is 3.08. The fourth-order valence-electron chi connectivity index (χ4n) is 1.58. The molecule has 1 aromatic heterocycles. The summed E-state index contributed by atoms with van der Waals surface area (Å²) < 4.78 is 4.53. The van der Waals surface area contributed by atoms with E-state index in [1.54, 1.807) is 32.3 Å². The number of nitrogens with zero attached hydrogens (tertiary/aromatic N) is 1. The van der Waals surface area contributed by atoms with Gasteiger partial charge in [-0.1, -0.05) is 19.9 Å². The summed E-state index contributed by atoms with van der Waals surface area (Å²) in [7, 11) is 1.27. The molecule has 0 bridgehead atoms. The van der Waals surface area contributed by atoms with Crippen LogP contribution in [-0.4, -0.2) is 30.0 Å². The Morgan fingerprint density at radius 2 is 2.17 bits per heavy atom. The molecule has 5 nitrogen and oxygen atoms in total. The van der Waals surface area contributed by atoms with Gasteiger partial charge in [0.05, 0.1) is 13.2 Å². The van der Waals surface area contributed by atoms with E-state index in [1.807, 2.05) is 6.07 Å². The van der Waals surface area contributed by atoms with E-state index in [4.69, 9.17) is 0 Å². The molecule has 0 saturated carbocycles. The Morgan fingerprint density at radius 3 is 2.67 bits per heavy atom. The molecule has 0 aliphatic heterocycles. The summed E-state index contributed by atoms with van der Waals surface area (Å²) in [6.45, 7) is 3.61. The standard InChI is InChI=1S/C13H18N2O3/c1-9(2)12(16)11(15-13(17)18-3)7-10-5-4-6-14-8-10/h4-6,8-9,11H,7H2,1-3H3,(H,15,17)/t11-/m0/s1. The van der Waals surface area contributed by atoms with Crippen LogP contribution in [0.2, 0.25) is 0 Å². The number of hydrogen-bond donors (Lipinski definition) is 1. The van der Waals surface area contributed by atoms with Crippen LogP contribution < -0.4 is 5.32 Å². The van der Waals surface area contributed by atoms with Crippen LogP contribution in [0, 0.1) is 5.92 Å². The number of hydrogen-bond acceptors (Lipinski definition) is 4. The van der Waals surface area contributed by atoms with E-state index in [0.717, 1.165) is 5.56 Å². The van der Waals surface area contributed by atoms with Crippen LogP contribution in [-0.2, 0) is 16.0 Å². The highest BCUT2D eigenvalue weighted by Gasteiger charge is 2.23. The van der Waals surface area contributed by atoms with Crippen LogP contribution in [0.5, 0.6) is 0 Å². The Labute approximate surface area is 107 Å². The van der Waals surface area contributed by atoms with Crippen molar-refractivity contribution in [3.05, 3.63) is 30.1 Å². The van der Waals surface area contributed by atoms with Crippen molar-refractivity contribution >= 4 is 11.9 Å². The van der Waals surface area contributed by atoms with Crippen molar-refractivity contribution < 1.29 is 14.3 Å². The largest absolute Gasteiger partial charge is 0.453 e. The maximum atomic E-state index is 12.0. The van der Waals surface area contributed by atoms with Gasteiger partial charge in [-0.3, -0.25) is 9.78 Å². The number of alkyl carbamates (subject to hydrolysis) is 1. The Balaban J connectivity index is 2.77. The maximum absolute atomic E-state index is 12.0. The molecule has 1 amide bonds. The number of ketones is 1. The predicted octanol–water partition coefficient (Wildman–Crippen LogP) is 1.57. The van der Waals surface area contributed by atoms with Gasteiger partial charge in [-0.05, 0) is 11.6 Å². The van der Waals surface area contributed by atoms with Crippen molar-refractivity contribution in [1.29, 1.82) is 0 Å². The lowest BCUT2D eigenvalue weighted by atomic mass is 9.96. The lowest BCUT2D eigenvalue weighted by molar-refractivity contribution is -0.123. The molecule has 0 saturated heterocycles. The second kappa shape index (κ2) is 6.74. The van der Waals surface area contributed by atoms with Crippen LogP contribution in [0.15, 0.2) is 24.5 Å². The van der Waals surface area contributed by atoms with E-state index < -0.39 is 12.1 Å². The first-order chi connectivity index (χ1) is 8.54. The summed E-state index contributed by atoms with van der Waals surface area (Å²) in [5, 5.41) is 2.56. The zero-order valence-electron chi connectivity index (χ0n) is 10.8. The van der Waals surface area contributed by atoms with Crippen LogP contribution >= 0.6 is 0 Å². The summed E-state index contributed by atoms with van der Waals surface area (Å²) in [6.07, 6.45) is 3.16. The first-order valence-electron chi connectivity index (χ1n) is 5.81. The van der Waals surface area contributed by atoms with E-state index >= 15 is 0 Å². The third kappa shape index (κ3) is 4.16. The van der Waals surface area contributed by atoms with Gasteiger partial charge in [0.15, 0.2) is 5.78 Å². The number of aromatic nitrogens is 1. The molecule has 0 fully saturated rings. The van der Waals surface area contributed by atoms with Crippen LogP contribution in [0.3, 0.4) is 0 Å². The second-order valence-corrected chi connectivity index (χ2v) is 4.31. The van der Waals surface area contributed by atoms with Gasteiger partial charge in [-0.2, -0.15) is 0 Å². The first kappa shape index (κ1) is 14.2. The summed E-state index contributed by atoms with van der Waals surface area (Å²) in [5.41, 5.74) is 0.896. The van der Waals surface area contributed by atoms with Crippen molar-refractivity contribution in [2.24, 2.45) is 5.92 Å². The highest BCUT2D eigenvalue weighted by atomic mass is 16.5. The average Bonchev–Trinajstić information content (AvgIpc) is 2.38. The molecule has 98 valence electrons. The lowest BCUT2D eigenvalue weighted by Crippen LogP contribution is -2.44. The normalized spacial score (nSPS) is 12.0. The first-order valence-corrected chi connectivity index (χ1v) is 5.81. The van der Waals surface area contributed by atoms with E-state index in [2.05, 4.69) is 15.0 Å². The highest BCUT2D eigenvalue weighted by molar-refractivity contribution is 5.89. The Bertz CT molecular complexity index is 404. The number of ether oxygens (including phenoxy) is 1. The quantitative estimate of drug-likeness (QED) is 0.861. The van der Waals surface area contributed by atoms with Gasteiger partial charge in [0.1, 0.15) is 0 Å². The fourth-order valence-corrected chi connectivity index (χ4v) is 1.58. The molecule has 0 radical (unpaired) electrons. The molecule has 1 aromatic rings. The van der Waals surface area contributed by atoms with Gasteiger partial charge < -0.3 is 10.1 Å². The molecule has 0 aliphatic carbocycles. The zero-order chi connectivity index (χ0) is 13.5. The van der Waals surface area contributed by atoms with Crippen LogP contribution in [0.1, 0.15) is 19.4 Å². The highest BCUT2D eigenvalue weighted by Crippen LogP contribution is 2.07. The minimum atomic E-state index is -0.599. The smallest absolute Gasteiger partial charge is 0.407 e. The van der Waals surface area contributed by atoms with Crippen molar-refractivity contribution in [3.63, 3.8) is 0 Å². The summed E-state index contributed by atoms with van der Waals surface area (Å²) >= 11 is 0. The van der Waals surface area contributed by atoms with Crippen LogP contribution in [0.25, 0.3) is 0 Å². The number of Topliss-reactive ketones (excluding diaryl/α,β-unsaturated/α-hetero) is 1. The molecular weight excluding hydrogens is 232 g/mol. The molecule has 0 aliphatic rings. The van der Waals surface area contributed by atoms with Gasteiger partial charge in [0.25, 0.3) is 0 Å². The summed E-state index contributed by atoms with van der Waals surface area (Å²) in [5.74, 6) is -0.173. The Kier molecular flexibility index (Phi) is 5.30. The fraction of sp³-hybridized carbons (Fsp3) is 0.462. The average molecular weight is 250 g/mol. The number of nitrogens with one attached hydrogen (secondary N) is 1. The number of carbonyl (C=O) groups excluding carboxylic acids is 2. The summed E-state index contributed by atoms with van der Waals surface area (Å²) in [4.78, 5) is 27.2. The van der Waals surface area contributed by atoms with Gasteiger partial charge in [0, 0.05) is 24.7 Å².